The van der Waals surface area contributed by atoms with Gasteiger partial charge in [0.15, 0.2) is 11.5 Å². The van der Waals surface area contributed by atoms with Gasteiger partial charge in [-0.25, -0.2) is 4.39 Å². The number of fused-ring (bicyclic) bond motifs is 1. The lowest BCUT2D eigenvalue weighted by atomic mass is 10.2. The number of nitrogens with one attached hydrogen (secondary N) is 1. The standard InChI is InChI=1S/C20H16FN5O2/c21-16-8-6-15(7-9-16)20(27)22-12-13-28-18-11-10-17-23-24-19(26(17)25-18)14-4-2-1-3-5-14/h1-11H,12-13H2,(H,22,27). The van der Waals surface area contributed by atoms with Crippen molar-refractivity contribution in [1.29, 1.82) is 0 Å². The minimum Gasteiger partial charge on any atom is -0.475 e. The summed E-state index contributed by atoms with van der Waals surface area (Å²) in [4.78, 5) is 12.0. The zero-order valence-corrected chi connectivity index (χ0v) is 14.7. The Bertz CT molecular complexity index is 1100. The van der Waals surface area contributed by atoms with E-state index in [0.29, 0.717) is 22.9 Å². The predicted octanol–water partition coefficient (Wildman–Crippen LogP) is 2.74. The third-order valence-corrected chi connectivity index (χ3v) is 4.01. The highest BCUT2D eigenvalue weighted by Gasteiger charge is 2.10. The Morgan fingerprint density at radius 1 is 1.00 bits per heavy atom. The van der Waals surface area contributed by atoms with E-state index in [1.807, 2.05) is 30.3 Å². The van der Waals surface area contributed by atoms with Crippen LogP contribution in [0.4, 0.5) is 4.39 Å². The second-order valence-electron chi connectivity index (χ2n) is 5.94. The normalized spacial score (nSPS) is 10.8. The third-order valence-electron chi connectivity index (χ3n) is 4.01. The zero-order valence-electron chi connectivity index (χ0n) is 14.7. The first kappa shape index (κ1) is 17.6. The van der Waals surface area contributed by atoms with Gasteiger partial charge in [0.1, 0.15) is 12.4 Å². The van der Waals surface area contributed by atoms with Crippen LogP contribution in [-0.2, 0) is 0 Å². The van der Waals surface area contributed by atoms with Gasteiger partial charge in [-0.15, -0.1) is 15.3 Å². The number of hydrogen-bond acceptors (Lipinski definition) is 5. The molecule has 0 radical (unpaired) electrons. The van der Waals surface area contributed by atoms with E-state index < -0.39 is 0 Å². The fraction of sp³-hybridized carbons (Fsp3) is 0.100. The molecule has 1 amide bonds. The van der Waals surface area contributed by atoms with E-state index in [1.54, 1.807) is 16.6 Å². The maximum atomic E-state index is 12.9. The van der Waals surface area contributed by atoms with Crippen LogP contribution in [-0.4, -0.2) is 38.9 Å². The second-order valence-corrected chi connectivity index (χ2v) is 5.94. The lowest BCUT2D eigenvalue weighted by Gasteiger charge is -2.08. The fourth-order valence-electron chi connectivity index (χ4n) is 2.64. The van der Waals surface area contributed by atoms with Crippen molar-refractivity contribution in [2.24, 2.45) is 0 Å². The number of benzene rings is 2. The van der Waals surface area contributed by atoms with Crippen molar-refractivity contribution in [3.63, 3.8) is 0 Å². The molecule has 2 aromatic carbocycles. The minimum absolute atomic E-state index is 0.230. The topological polar surface area (TPSA) is 81.4 Å². The van der Waals surface area contributed by atoms with Crippen molar-refractivity contribution < 1.29 is 13.9 Å². The lowest BCUT2D eigenvalue weighted by Crippen LogP contribution is -2.28. The number of aromatic nitrogens is 4. The van der Waals surface area contributed by atoms with Gasteiger partial charge in [0.25, 0.3) is 5.91 Å². The van der Waals surface area contributed by atoms with Crippen molar-refractivity contribution in [1.82, 2.24) is 25.1 Å². The maximum Gasteiger partial charge on any atom is 0.251 e. The van der Waals surface area contributed by atoms with E-state index in [4.69, 9.17) is 4.74 Å². The largest absolute Gasteiger partial charge is 0.475 e. The second kappa shape index (κ2) is 7.83. The van der Waals surface area contributed by atoms with Crippen molar-refractivity contribution >= 4 is 11.6 Å². The molecule has 28 heavy (non-hydrogen) atoms. The number of carbonyl (C=O) groups excluding carboxylic acids is 1. The lowest BCUT2D eigenvalue weighted by molar-refractivity contribution is 0.0946. The molecule has 4 rings (SSSR count). The molecule has 0 bridgehead atoms. The van der Waals surface area contributed by atoms with Crippen LogP contribution in [0.2, 0.25) is 0 Å². The SMILES string of the molecule is O=C(NCCOc1ccc2nnc(-c3ccccc3)n2n1)c1ccc(F)cc1. The molecule has 0 aliphatic heterocycles. The van der Waals surface area contributed by atoms with Crippen LogP contribution in [0.5, 0.6) is 5.88 Å². The van der Waals surface area contributed by atoms with E-state index in [0.717, 1.165) is 5.56 Å². The Hall–Kier alpha value is -3.81. The molecule has 0 fully saturated rings. The molecule has 2 aromatic heterocycles. The summed E-state index contributed by atoms with van der Waals surface area (Å²) in [5, 5.41) is 15.4. The molecule has 0 spiro atoms. The average Bonchev–Trinajstić information content (AvgIpc) is 3.15. The minimum atomic E-state index is -0.384. The number of halogens is 1. The summed E-state index contributed by atoms with van der Waals surface area (Å²) in [6.45, 7) is 0.512. The van der Waals surface area contributed by atoms with Crippen LogP contribution in [0.3, 0.4) is 0 Å². The van der Waals surface area contributed by atoms with Gasteiger partial charge in [0.2, 0.25) is 5.88 Å². The van der Waals surface area contributed by atoms with E-state index in [9.17, 15) is 9.18 Å². The van der Waals surface area contributed by atoms with Gasteiger partial charge < -0.3 is 10.1 Å². The van der Waals surface area contributed by atoms with Gasteiger partial charge in [-0.2, -0.15) is 4.52 Å². The number of nitrogens with zero attached hydrogens (tertiary/aromatic N) is 4. The summed E-state index contributed by atoms with van der Waals surface area (Å²) in [6.07, 6.45) is 0. The summed E-state index contributed by atoms with van der Waals surface area (Å²) < 4.78 is 20.1. The van der Waals surface area contributed by atoms with E-state index in [2.05, 4.69) is 20.6 Å². The summed E-state index contributed by atoms with van der Waals surface area (Å²) >= 11 is 0. The van der Waals surface area contributed by atoms with Crippen LogP contribution >= 0.6 is 0 Å². The van der Waals surface area contributed by atoms with E-state index in [1.165, 1.54) is 24.3 Å². The molecule has 0 saturated heterocycles. The van der Waals surface area contributed by atoms with E-state index in [-0.39, 0.29) is 24.9 Å². The van der Waals surface area contributed by atoms with E-state index >= 15 is 0 Å². The van der Waals surface area contributed by atoms with Crippen molar-refractivity contribution in [2.75, 3.05) is 13.2 Å². The zero-order chi connectivity index (χ0) is 19.3. The molecular formula is C20H16FN5O2. The molecule has 4 aromatic rings. The highest BCUT2D eigenvalue weighted by Crippen LogP contribution is 2.18. The molecule has 140 valence electrons. The molecule has 8 heteroatoms. The predicted molar refractivity (Wildman–Crippen MR) is 100 cm³/mol. The van der Waals surface area contributed by atoms with Gasteiger partial charge in [-0.05, 0) is 30.3 Å². The van der Waals surface area contributed by atoms with Gasteiger partial charge in [0.05, 0.1) is 6.54 Å². The molecule has 1 N–H and O–H groups in total. The Kier molecular flexibility index (Phi) is 4.92. The smallest absolute Gasteiger partial charge is 0.251 e. The molecule has 0 aliphatic carbocycles. The van der Waals surface area contributed by atoms with Crippen LogP contribution in [0.15, 0.2) is 66.7 Å². The highest BCUT2D eigenvalue weighted by atomic mass is 19.1. The number of rotatable bonds is 6. The van der Waals surface area contributed by atoms with Crippen molar-refractivity contribution in [3.05, 3.63) is 78.1 Å². The quantitative estimate of drug-likeness (QED) is 0.523. The number of amides is 1. The summed E-state index contributed by atoms with van der Waals surface area (Å²) in [5.41, 5.74) is 1.89. The monoisotopic (exact) mass is 377 g/mol. The maximum absolute atomic E-state index is 12.9. The number of hydrogen-bond donors (Lipinski definition) is 1. The van der Waals surface area contributed by atoms with Crippen molar-refractivity contribution in [3.8, 4) is 17.3 Å². The molecule has 0 atom stereocenters. The summed E-state index contributed by atoms with van der Waals surface area (Å²) in [5.74, 6) is 0.327. The van der Waals surface area contributed by atoms with Crippen LogP contribution in [0.1, 0.15) is 10.4 Å². The molecular weight excluding hydrogens is 361 g/mol. The van der Waals surface area contributed by atoms with Crippen molar-refractivity contribution in [2.45, 2.75) is 0 Å². The molecule has 0 saturated carbocycles. The number of carbonyl (C=O) groups is 1. The van der Waals surface area contributed by atoms with Gasteiger partial charge in [0, 0.05) is 17.2 Å². The Morgan fingerprint density at radius 3 is 2.57 bits per heavy atom. The highest BCUT2D eigenvalue weighted by molar-refractivity contribution is 5.94. The first-order valence-electron chi connectivity index (χ1n) is 8.65. The number of ether oxygens (including phenoxy) is 1. The molecule has 0 unspecified atom stereocenters. The third kappa shape index (κ3) is 3.80. The fourth-order valence-corrected chi connectivity index (χ4v) is 2.64. The summed E-state index contributed by atoms with van der Waals surface area (Å²) in [7, 11) is 0. The Morgan fingerprint density at radius 2 is 1.79 bits per heavy atom. The van der Waals surface area contributed by atoms with Gasteiger partial charge >= 0.3 is 0 Å². The Balaban J connectivity index is 1.38. The van der Waals surface area contributed by atoms with Gasteiger partial charge in [-0.1, -0.05) is 30.3 Å². The van der Waals surface area contributed by atoms with Crippen LogP contribution in [0.25, 0.3) is 17.0 Å². The molecule has 2 heterocycles. The molecule has 7 nitrogen and oxygen atoms in total. The Labute approximate surface area is 159 Å². The average molecular weight is 377 g/mol. The summed E-state index contributed by atoms with van der Waals surface area (Å²) in [6, 6.07) is 18.4. The van der Waals surface area contributed by atoms with Crippen LogP contribution in [0, 0.1) is 5.82 Å². The first-order valence-corrected chi connectivity index (χ1v) is 8.65. The van der Waals surface area contributed by atoms with Gasteiger partial charge in [-0.3, -0.25) is 4.79 Å². The first-order chi connectivity index (χ1) is 13.7. The molecule has 0 aliphatic rings. The van der Waals surface area contributed by atoms with Crippen LogP contribution < -0.4 is 10.1 Å².